The maximum absolute atomic E-state index is 12.5. The summed E-state index contributed by atoms with van der Waals surface area (Å²) in [6.07, 6.45) is 1.62. The first-order valence-corrected chi connectivity index (χ1v) is 11.1. The smallest absolute Gasteiger partial charge is 0.232 e. The fourth-order valence-corrected chi connectivity index (χ4v) is 4.83. The fourth-order valence-electron chi connectivity index (χ4n) is 3.22. The maximum Gasteiger partial charge on any atom is 0.232 e. The highest BCUT2D eigenvalue weighted by atomic mass is 32.2. The molecule has 0 radical (unpaired) electrons. The van der Waals surface area contributed by atoms with E-state index in [2.05, 4.69) is 27.0 Å². The minimum atomic E-state index is 0.182. The Morgan fingerprint density at radius 2 is 1.93 bits per heavy atom. The SMILES string of the molecule is N#Cc1ccc(CSCC(=O)N2CCN(c3ncnc4sccc34)CC2)cc1. The highest BCUT2D eigenvalue weighted by Gasteiger charge is 2.23. The second-order valence-electron chi connectivity index (χ2n) is 6.51. The van der Waals surface area contributed by atoms with Gasteiger partial charge in [0.25, 0.3) is 0 Å². The molecule has 1 aromatic carbocycles. The van der Waals surface area contributed by atoms with Gasteiger partial charge in [0.1, 0.15) is 17.0 Å². The minimum absolute atomic E-state index is 0.182. The number of hydrogen-bond donors (Lipinski definition) is 0. The number of carbonyl (C=O) groups excluding carboxylic acids is 1. The zero-order chi connectivity index (χ0) is 19.3. The summed E-state index contributed by atoms with van der Waals surface area (Å²) in [6, 6.07) is 11.7. The molecule has 0 bridgehead atoms. The number of thiophene rings is 1. The molecule has 8 heteroatoms. The van der Waals surface area contributed by atoms with Gasteiger partial charge in [-0.2, -0.15) is 5.26 Å². The van der Waals surface area contributed by atoms with E-state index in [9.17, 15) is 4.79 Å². The second-order valence-corrected chi connectivity index (χ2v) is 8.39. The lowest BCUT2D eigenvalue weighted by Crippen LogP contribution is -2.49. The Morgan fingerprint density at radius 1 is 1.14 bits per heavy atom. The quantitative estimate of drug-likeness (QED) is 0.645. The van der Waals surface area contributed by atoms with Crippen LogP contribution < -0.4 is 4.90 Å². The van der Waals surface area contributed by atoms with Gasteiger partial charge in [-0.3, -0.25) is 4.79 Å². The second kappa shape index (κ2) is 8.59. The first kappa shape index (κ1) is 18.7. The molecule has 6 nitrogen and oxygen atoms in total. The summed E-state index contributed by atoms with van der Waals surface area (Å²) in [5.41, 5.74) is 1.79. The molecule has 0 N–H and O–H groups in total. The van der Waals surface area contributed by atoms with Crippen LogP contribution in [0.3, 0.4) is 0 Å². The van der Waals surface area contributed by atoms with Gasteiger partial charge < -0.3 is 9.80 Å². The average molecular weight is 410 g/mol. The molecule has 1 aliphatic rings. The van der Waals surface area contributed by atoms with E-state index in [1.54, 1.807) is 29.4 Å². The Labute approximate surface area is 171 Å². The van der Waals surface area contributed by atoms with Crippen molar-refractivity contribution in [3.05, 3.63) is 53.2 Å². The third kappa shape index (κ3) is 4.11. The van der Waals surface area contributed by atoms with Crippen molar-refractivity contribution in [2.75, 3.05) is 36.8 Å². The van der Waals surface area contributed by atoms with Crippen LogP contribution in [-0.4, -0.2) is 52.7 Å². The van der Waals surface area contributed by atoms with Gasteiger partial charge in [0.2, 0.25) is 5.91 Å². The molecule has 0 aliphatic carbocycles. The molecule has 1 amide bonds. The number of benzene rings is 1. The van der Waals surface area contributed by atoms with E-state index in [0.717, 1.165) is 40.4 Å². The highest BCUT2D eigenvalue weighted by molar-refractivity contribution is 7.99. The molecule has 28 heavy (non-hydrogen) atoms. The molecule has 1 fully saturated rings. The molecular weight excluding hydrogens is 390 g/mol. The number of carbonyl (C=O) groups is 1. The topological polar surface area (TPSA) is 73.1 Å². The van der Waals surface area contributed by atoms with Gasteiger partial charge in [0.15, 0.2) is 0 Å². The predicted molar refractivity (Wildman–Crippen MR) is 114 cm³/mol. The number of piperazine rings is 1. The van der Waals surface area contributed by atoms with Gasteiger partial charge in [-0.25, -0.2) is 9.97 Å². The molecule has 3 heterocycles. The summed E-state index contributed by atoms with van der Waals surface area (Å²) < 4.78 is 0. The van der Waals surface area contributed by atoms with E-state index in [0.29, 0.717) is 24.4 Å². The number of hydrogen-bond acceptors (Lipinski definition) is 7. The molecule has 0 spiro atoms. The van der Waals surface area contributed by atoms with Crippen LogP contribution in [0.15, 0.2) is 42.0 Å². The molecular formula is C20H19N5OS2. The van der Waals surface area contributed by atoms with Crippen LogP contribution >= 0.6 is 23.1 Å². The number of nitrogens with zero attached hydrogens (tertiary/aromatic N) is 5. The van der Waals surface area contributed by atoms with E-state index in [4.69, 9.17) is 5.26 Å². The van der Waals surface area contributed by atoms with Crippen molar-refractivity contribution in [1.29, 1.82) is 5.26 Å². The highest BCUT2D eigenvalue weighted by Crippen LogP contribution is 2.27. The third-order valence-electron chi connectivity index (χ3n) is 4.75. The van der Waals surface area contributed by atoms with E-state index in [-0.39, 0.29) is 5.91 Å². The lowest BCUT2D eigenvalue weighted by Gasteiger charge is -2.35. The van der Waals surface area contributed by atoms with E-state index >= 15 is 0 Å². The summed E-state index contributed by atoms with van der Waals surface area (Å²) in [6.45, 7) is 3.00. The monoisotopic (exact) mass is 409 g/mol. The molecule has 0 unspecified atom stereocenters. The molecule has 4 rings (SSSR count). The third-order valence-corrected chi connectivity index (χ3v) is 6.56. The zero-order valence-corrected chi connectivity index (χ0v) is 16.9. The molecule has 0 saturated carbocycles. The normalized spacial score (nSPS) is 14.2. The summed E-state index contributed by atoms with van der Waals surface area (Å²) in [4.78, 5) is 26.5. The number of amides is 1. The molecule has 3 aromatic rings. The lowest BCUT2D eigenvalue weighted by atomic mass is 10.2. The number of anilines is 1. The summed E-state index contributed by atoms with van der Waals surface area (Å²) >= 11 is 3.23. The summed E-state index contributed by atoms with van der Waals surface area (Å²) in [5.74, 6) is 2.40. The molecule has 142 valence electrons. The molecule has 0 atom stereocenters. The van der Waals surface area contributed by atoms with Crippen LogP contribution in [0, 0.1) is 11.3 Å². The van der Waals surface area contributed by atoms with Crippen LogP contribution in [0.1, 0.15) is 11.1 Å². The Hall–Kier alpha value is -2.63. The largest absolute Gasteiger partial charge is 0.352 e. The van der Waals surface area contributed by atoms with Crippen LogP contribution in [0.5, 0.6) is 0 Å². The Bertz CT molecular complexity index is 1000. The van der Waals surface area contributed by atoms with Gasteiger partial charge in [0, 0.05) is 31.9 Å². The zero-order valence-electron chi connectivity index (χ0n) is 15.2. The minimum Gasteiger partial charge on any atom is -0.352 e. The molecule has 1 aliphatic heterocycles. The van der Waals surface area contributed by atoms with Gasteiger partial charge in [-0.1, -0.05) is 12.1 Å². The van der Waals surface area contributed by atoms with Gasteiger partial charge >= 0.3 is 0 Å². The fraction of sp³-hybridized carbons (Fsp3) is 0.300. The Balaban J connectivity index is 1.27. The van der Waals surface area contributed by atoms with Gasteiger partial charge in [0.05, 0.1) is 22.8 Å². The van der Waals surface area contributed by atoms with Crippen LogP contribution in [0.2, 0.25) is 0 Å². The van der Waals surface area contributed by atoms with Crippen LogP contribution in [0.4, 0.5) is 5.82 Å². The van der Waals surface area contributed by atoms with Crippen molar-refractivity contribution in [3.8, 4) is 6.07 Å². The number of rotatable bonds is 5. The van der Waals surface area contributed by atoms with Crippen LogP contribution in [0.25, 0.3) is 10.2 Å². The van der Waals surface area contributed by atoms with Crippen molar-refractivity contribution in [2.24, 2.45) is 0 Å². The number of thioether (sulfide) groups is 1. The Morgan fingerprint density at radius 3 is 2.68 bits per heavy atom. The first-order valence-electron chi connectivity index (χ1n) is 9.02. The standard InChI is InChI=1S/C20H19N5OS2/c21-11-15-1-3-16(4-2-15)12-27-13-18(26)24-6-8-25(9-7-24)19-17-5-10-28-20(17)23-14-22-19/h1-5,10,14H,6-9,12-13H2. The van der Waals surface area contributed by atoms with Crippen molar-refractivity contribution >= 4 is 45.0 Å². The predicted octanol–water partition coefficient (Wildman–Crippen LogP) is 3.14. The maximum atomic E-state index is 12.5. The Kier molecular flexibility index (Phi) is 5.74. The number of aromatic nitrogens is 2. The van der Waals surface area contributed by atoms with Gasteiger partial charge in [-0.05, 0) is 29.1 Å². The first-order chi connectivity index (χ1) is 13.7. The lowest BCUT2D eigenvalue weighted by molar-refractivity contribution is -0.128. The van der Waals surface area contributed by atoms with E-state index in [1.165, 1.54) is 0 Å². The number of fused-ring (bicyclic) bond motifs is 1. The summed E-state index contributed by atoms with van der Waals surface area (Å²) in [5, 5.41) is 12.0. The van der Waals surface area contributed by atoms with Crippen LogP contribution in [-0.2, 0) is 10.5 Å². The van der Waals surface area contributed by atoms with E-state index in [1.807, 2.05) is 34.5 Å². The van der Waals surface area contributed by atoms with Crippen molar-refractivity contribution in [2.45, 2.75) is 5.75 Å². The number of nitriles is 1. The van der Waals surface area contributed by atoms with Crippen molar-refractivity contribution in [1.82, 2.24) is 14.9 Å². The van der Waals surface area contributed by atoms with Crippen molar-refractivity contribution in [3.63, 3.8) is 0 Å². The molecule has 2 aromatic heterocycles. The summed E-state index contributed by atoms with van der Waals surface area (Å²) in [7, 11) is 0. The average Bonchev–Trinajstić information content (AvgIpc) is 3.23. The van der Waals surface area contributed by atoms with Gasteiger partial charge in [-0.15, -0.1) is 23.1 Å². The molecule has 1 saturated heterocycles. The van der Waals surface area contributed by atoms with Crippen molar-refractivity contribution < 1.29 is 4.79 Å². The van der Waals surface area contributed by atoms with E-state index < -0.39 is 0 Å².